The third kappa shape index (κ3) is 25.0. The smallest absolute Gasteiger partial charge is 0.748 e. The summed E-state index contributed by atoms with van der Waals surface area (Å²) in [6.07, 6.45) is 21.5. The standard InChI is InChI=1S/C18H36O3S.Na/c1-2-3-4-5-6-7-8-9-10-11-12-13-14-15-16-17-18-22(19,20)21;/h16-17H,2-15,18H2,1H3,(H,19,20,21);/q;+1/p-1/b17-16+;. The molecular formula is C18H35NaO3S. The minimum atomic E-state index is -4.08. The first-order valence-corrected chi connectivity index (χ1v) is 10.7. The van der Waals surface area contributed by atoms with E-state index in [1.54, 1.807) is 0 Å². The van der Waals surface area contributed by atoms with Crippen LogP contribution >= 0.6 is 0 Å². The Kier molecular flexibility index (Phi) is 21.4. The molecule has 0 N–H and O–H groups in total. The van der Waals surface area contributed by atoms with Crippen molar-refractivity contribution in [1.29, 1.82) is 0 Å². The Hall–Kier alpha value is 0.650. The minimum absolute atomic E-state index is 0. The van der Waals surface area contributed by atoms with E-state index in [-0.39, 0.29) is 35.3 Å². The Morgan fingerprint density at radius 2 is 1.09 bits per heavy atom. The predicted molar refractivity (Wildman–Crippen MR) is 94.0 cm³/mol. The predicted octanol–water partition coefficient (Wildman–Crippen LogP) is 2.57. The zero-order valence-corrected chi connectivity index (χ0v) is 18.2. The van der Waals surface area contributed by atoms with Gasteiger partial charge in [-0.15, -0.1) is 0 Å². The van der Waals surface area contributed by atoms with Gasteiger partial charge in [0.25, 0.3) is 0 Å². The topological polar surface area (TPSA) is 57.2 Å². The van der Waals surface area contributed by atoms with Crippen LogP contribution in [0.25, 0.3) is 0 Å². The van der Waals surface area contributed by atoms with Gasteiger partial charge in [-0.25, -0.2) is 8.42 Å². The molecule has 0 radical (unpaired) electrons. The van der Waals surface area contributed by atoms with Gasteiger partial charge in [-0.05, 0) is 12.8 Å². The number of unbranched alkanes of at least 4 members (excludes halogenated alkanes) is 13. The van der Waals surface area contributed by atoms with Crippen LogP contribution in [0.3, 0.4) is 0 Å². The van der Waals surface area contributed by atoms with Crippen LogP contribution < -0.4 is 29.6 Å². The zero-order chi connectivity index (χ0) is 16.5. The summed E-state index contributed by atoms with van der Waals surface area (Å²) >= 11 is 0. The molecule has 0 saturated carbocycles. The quantitative estimate of drug-likeness (QED) is 0.185. The third-order valence-electron chi connectivity index (χ3n) is 3.94. The second-order valence-electron chi connectivity index (χ2n) is 6.23. The molecule has 0 rings (SSSR count). The Labute approximate surface area is 166 Å². The van der Waals surface area contributed by atoms with Crippen molar-refractivity contribution in [2.75, 3.05) is 5.75 Å². The van der Waals surface area contributed by atoms with E-state index in [9.17, 15) is 13.0 Å². The maximum absolute atomic E-state index is 10.4. The summed E-state index contributed by atoms with van der Waals surface area (Å²) in [7, 11) is -4.08. The van der Waals surface area contributed by atoms with Crippen LogP contribution in [0.4, 0.5) is 0 Å². The second-order valence-corrected chi connectivity index (χ2v) is 7.68. The molecule has 5 heteroatoms. The summed E-state index contributed by atoms with van der Waals surface area (Å²) < 4.78 is 31.1. The van der Waals surface area contributed by atoms with Crippen LogP contribution in [0.15, 0.2) is 12.2 Å². The normalized spacial score (nSPS) is 11.7. The fourth-order valence-electron chi connectivity index (χ4n) is 2.58. The van der Waals surface area contributed by atoms with Crippen molar-refractivity contribution < 1.29 is 42.5 Å². The van der Waals surface area contributed by atoms with Gasteiger partial charge < -0.3 is 4.55 Å². The van der Waals surface area contributed by atoms with Crippen LogP contribution in [0.2, 0.25) is 0 Å². The molecule has 0 bridgehead atoms. The molecule has 0 fully saturated rings. The van der Waals surface area contributed by atoms with E-state index in [1.165, 1.54) is 83.1 Å². The summed E-state index contributed by atoms with van der Waals surface area (Å²) in [5.41, 5.74) is 0. The van der Waals surface area contributed by atoms with E-state index in [2.05, 4.69) is 6.92 Å². The summed E-state index contributed by atoms with van der Waals surface area (Å²) in [4.78, 5) is 0. The summed E-state index contributed by atoms with van der Waals surface area (Å²) in [6.45, 7) is 2.26. The van der Waals surface area contributed by atoms with Gasteiger partial charge in [0.2, 0.25) is 0 Å². The second kappa shape index (κ2) is 19.0. The molecule has 132 valence electrons. The average Bonchev–Trinajstić information content (AvgIpc) is 2.45. The zero-order valence-electron chi connectivity index (χ0n) is 15.4. The van der Waals surface area contributed by atoms with Crippen molar-refractivity contribution in [1.82, 2.24) is 0 Å². The molecule has 0 heterocycles. The van der Waals surface area contributed by atoms with Crippen LogP contribution in [-0.4, -0.2) is 18.7 Å². The number of hydrogen-bond donors (Lipinski definition) is 0. The van der Waals surface area contributed by atoms with E-state index in [1.807, 2.05) is 6.08 Å². The van der Waals surface area contributed by atoms with Crippen LogP contribution in [0.5, 0.6) is 0 Å². The van der Waals surface area contributed by atoms with E-state index in [4.69, 9.17) is 0 Å². The van der Waals surface area contributed by atoms with Crippen molar-refractivity contribution in [2.45, 2.75) is 96.8 Å². The van der Waals surface area contributed by atoms with Gasteiger partial charge in [0, 0.05) is 0 Å². The molecule has 0 aliphatic heterocycles. The largest absolute Gasteiger partial charge is 1.00 e. The van der Waals surface area contributed by atoms with Gasteiger partial charge in [0.15, 0.2) is 0 Å². The van der Waals surface area contributed by atoms with Crippen LogP contribution in [0, 0.1) is 0 Å². The fourth-order valence-corrected chi connectivity index (χ4v) is 2.96. The van der Waals surface area contributed by atoms with E-state index < -0.39 is 10.1 Å². The molecule has 0 aliphatic rings. The maximum atomic E-state index is 10.4. The number of allylic oxidation sites excluding steroid dienone is 1. The SMILES string of the molecule is CCCCCCCCCCCCCCC/C=C/CS(=O)(=O)[O-].[Na+]. The molecule has 0 amide bonds. The van der Waals surface area contributed by atoms with Crippen LogP contribution in [0.1, 0.15) is 96.8 Å². The monoisotopic (exact) mass is 354 g/mol. The van der Waals surface area contributed by atoms with Crippen molar-refractivity contribution in [3.63, 3.8) is 0 Å². The van der Waals surface area contributed by atoms with Gasteiger partial charge in [0.05, 0.1) is 15.9 Å². The Bertz CT molecular complexity index is 353. The number of rotatable bonds is 16. The summed E-state index contributed by atoms with van der Waals surface area (Å²) in [5.74, 6) is -0.370. The molecule has 0 spiro atoms. The van der Waals surface area contributed by atoms with Crippen molar-refractivity contribution in [3.05, 3.63) is 12.2 Å². The third-order valence-corrected chi connectivity index (χ3v) is 4.54. The van der Waals surface area contributed by atoms with Gasteiger partial charge in [-0.1, -0.05) is 96.1 Å². The molecule has 0 atom stereocenters. The minimum Gasteiger partial charge on any atom is -0.748 e. The molecule has 0 unspecified atom stereocenters. The number of hydrogen-bond acceptors (Lipinski definition) is 3. The van der Waals surface area contributed by atoms with E-state index in [0.29, 0.717) is 0 Å². The first-order valence-electron chi connectivity index (χ1n) is 9.15. The fraction of sp³-hybridized carbons (Fsp3) is 0.889. The van der Waals surface area contributed by atoms with Crippen molar-refractivity contribution in [2.24, 2.45) is 0 Å². The molecule has 23 heavy (non-hydrogen) atoms. The first-order chi connectivity index (χ1) is 10.6. The average molecular weight is 355 g/mol. The van der Waals surface area contributed by atoms with Gasteiger partial charge in [-0.2, -0.15) is 0 Å². The molecular weight excluding hydrogens is 319 g/mol. The first kappa shape index (κ1) is 25.9. The Morgan fingerprint density at radius 3 is 1.48 bits per heavy atom. The van der Waals surface area contributed by atoms with Crippen LogP contribution in [-0.2, 0) is 10.1 Å². The van der Waals surface area contributed by atoms with E-state index >= 15 is 0 Å². The molecule has 0 aromatic heterocycles. The van der Waals surface area contributed by atoms with Crippen molar-refractivity contribution >= 4 is 10.1 Å². The summed E-state index contributed by atoms with van der Waals surface area (Å²) in [6, 6.07) is 0. The van der Waals surface area contributed by atoms with Gasteiger partial charge in [0.1, 0.15) is 0 Å². The molecule has 0 aromatic carbocycles. The summed E-state index contributed by atoms with van der Waals surface area (Å²) in [5, 5.41) is 0. The maximum Gasteiger partial charge on any atom is 1.00 e. The molecule has 0 saturated heterocycles. The molecule has 0 aromatic rings. The van der Waals surface area contributed by atoms with Gasteiger partial charge in [-0.3, -0.25) is 0 Å². The Morgan fingerprint density at radius 1 is 0.696 bits per heavy atom. The van der Waals surface area contributed by atoms with Gasteiger partial charge >= 0.3 is 29.6 Å². The van der Waals surface area contributed by atoms with E-state index in [0.717, 1.165) is 12.8 Å². The molecule has 0 aliphatic carbocycles. The Balaban J connectivity index is 0. The van der Waals surface area contributed by atoms with Crippen molar-refractivity contribution in [3.8, 4) is 0 Å². The molecule has 3 nitrogen and oxygen atoms in total.